The molecule has 50 heavy (non-hydrogen) atoms. The molecule has 7 atom stereocenters. The Bertz CT molecular complexity index is 1790. The molecule has 2 bridgehead atoms. The minimum Gasteiger partial charge on any atom is -0.497 e. The number of rotatable bonds is 6. The average molecular weight is 699 g/mol. The van der Waals surface area contributed by atoms with Gasteiger partial charge in [-0.25, -0.2) is 4.79 Å². The van der Waals surface area contributed by atoms with Gasteiger partial charge in [0.25, 0.3) is 5.91 Å². The number of halogens is 1. The summed E-state index contributed by atoms with van der Waals surface area (Å²) in [7, 11) is 1.62. The van der Waals surface area contributed by atoms with E-state index in [2.05, 4.69) is 12.2 Å². The Morgan fingerprint density at radius 1 is 1.06 bits per heavy atom. The highest BCUT2D eigenvalue weighted by Crippen LogP contribution is 2.56. The van der Waals surface area contributed by atoms with Crippen molar-refractivity contribution in [2.75, 3.05) is 36.4 Å². The van der Waals surface area contributed by atoms with Gasteiger partial charge in [-0.05, 0) is 90.6 Å². The number of carbonyl (C=O) groups is 2. The highest BCUT2D eigenvalue weighted by molar-refractivity contribution is 6.19. The highest BCUT2D eigenvalue weighted by atomic mass is 35.5. The summed E-state index contributed by atoms with van der Waals surface area (Å²) in [6.07, 6.45) is 11.8. The van der Waals surface area contributed by atoms with Gasteiger partial charge in [0.2, 0.25) is 0 Å². The molecule has 264 valence electrons. The van der Waals surface area contributed by atoms with Crippen LogP contribution in [0, 0.1) is 17.8 Å². The zero-order chi connectivity index (χ0) is 34.5. The van der Waals surface area contributed by atoms with Crippen LogP contribution in [0.5, 0.6) is 5.75 Å². The third-order valence-corrected chi connectivity index (χ3v) is 12.6. The van der Waals surface area contributed by atoms with Crippen LogP contribution >= 0.6 is 11.6 Å². The number of anilines is 2. The van der Waals surface area contributed by atoms with Crippen LogP contribution in [0.25, 0.3) is 16.8 Å². The fraction of sp³-hybridized carbons (Fsp3) is 0.512. The first-order valence-electron chi connectivity index (χ1n) is 18.4. The van der Waals surface area contributed by atoms with E-state index in [-0.39, 0.29) is 23.5 Å². The molecular weight excluding hydrogens is 652 g/mol. The van der Waals surface area contributed by atoms with Crippen molar-refractivity contribution in [1.29, 1.82) is 0 Å². The summed E-state index contributed by atoms with van der Waals surface area (Å²) < 4.78 is 25.0. The van der Waals surface area contributed by atoms with E-state index in [1.807, 2.05) is 54.6 Å². The van der Waals surface area contributed by atoms with Gasteiger partial charge in [-0.2, -0.15) is 0 Å². The molecule has 3 aliphatic carbocycles. The van der Waals surface area contributed by atoms with Crippen molar-refractivity contribution in [3.8, 4) is 5.75 Å². The minimum atomic E-state index is -0.696. The monoisotopic (exact) mass is 698 g/mol. The fourth-order valence-corrected chi connectivity index (χ4v) is 10.0. The molecular formula is C41H47ClN2O6. The van der Waals surface area contributed by atoms with Crippen molar-refractivity contribution in [2.45, 2.75) is 88.1 Å². The molecule has 3 aromatic carbocycles. The Kier molecular flexibility index (Phi) is 9.07. The van der Waals surface area contributed by atoms with Gasteiger partial charge in [0.1, 0.15) is 17.5 Å². The normalized spacial score (nSPS) is 31.7. The van der Waals surface area contributed by atoms with Gasteiger partial charge in [0.05, 0.1) is 25.1 Å². The van der Waals surface area contributed by atoms with Crippen molar-refractivity contribution in [1.82, 2.24) is 0 Å². The SMILES string of the molecule is COc1ccc(/C=C/C(=O)N2CC(CCl)c3c2cc(NC(=O)OC2CCCC4(C2)OCC2(O4)C(C)CC4CCCC2C4)c2ccccc32)cc1. The van der Waals surface area contributed by atoms with E-state index < -0.39 is 11.9 Å². The lowest BCUT2D eigenvalue weighted by molar-refractivity contribution is -0.244. The Morgan fingerprint density at radius 2 is 1.88 bits per heavy atom. The fourth-order valence-electron chi connectivity index (χ4n) is 9.77. The van der Waals surface area contributed by atoms with Crippen molar-refractivity contribution in [2.24, 2.45) is 17.8 Å². The van der Waals surface area contributed by atoms with Crippen molar-refractivity contribution < 1.29 is 28.5 Å². The number of fused-ring (bicyclic) bond motifs is 6. The maximum Gasteiger partial charge on any atom is 0.411 e. The van der Waals surface area contributed by atoms with Crippen molar-refractivity contribution >= 4 is 51.8 Å². The second-order valence-corrected chi connectivity index (χ2v) is 15.5. The molecule has 1 N–H and O–H groups in total. The summed E-state index contributed by atoms with van der Waals surface area (Å²) in [4.78, 5) is 29.0. The number of alkyl halides is 1. The van der Waals surface area contributed by atoms with E-state index in [9.17, 15) is 9.59 Å². The number of hydrogen-bond donors (Lipinski definition) is 1. The van der Waals surface area contributed by atoms with Gasteiger partial charge in [0, 0.05) is 42.6 Å². The van der Waals surface area contributed by atoms with E-state index >= 15 is 0 Å². The van der Waals surface area contributed by atoms with Crippen LogP contribution in [0.3, 0.4) is 0 Å². The van der Waals surface area contributed by atoms with Gasteiger partial charge in [-0.15, -0.1) is 11.6 Å². The smallest absolute Gasteiger partial charge is 0.411 e. The standard InChI is InChI=1S/C41H47ClN2O6/c1-26-19-28-7-5-8-30(20-28)41(26)25-48-40(50-41)18-6-9-32(22-40)49-39(46)43-35-21-36-38(34-11-4-3-10-33(34)35)29(23-42)24-44(36)37(45)17-14-27-12-15-31(47-2)16-13-27/h3-4,10-17,21,26,28-30,32H,5-9,18-20,22-25H2,1-2H3,(H,43,46)/b17-14+. The Balaban J connectivity index is 0.999. The van der Waals surface area contributed by atoms with E-state index in [1.54, 1.807) is 24.2 Å². The Hall–Kier alpha value is -3.59. The van der Waals surface area contributed by atoms with Gasteiger partial charge in [0.15, 0.2) is 5.79 Å². The first-order chi connectivity index (χ1) is 24.3. The lowest BCUT2D eigenvalue weighted by Crippen LogP contribution is -2.54. The maximum absolute atomic E-state index is 13.6. The second kappa shape index (κ2) is 13.5. The Labute approximate surface area is 299 Å². The number of amides is 2. The number of nitrogens with zero attached hydrogens (tertiary/aromatic N) is 1. The highest BCUT2D eigenvalue weighted by Gasteiger charge is 2.60. The first-order valence-corrected chi connectivity index (χ1v) is 18.9. The molecule has 9 heteroatoms. The number of benzene rings is 3. The number of nitrogens with one attached hydrogen (secondary N) is 1. The third-order valence-electron chi connectivity index (χ3n) is 12.2. The molecule has 1 saturated heterocycles. The van der Waals surface area contributed by atoms with Gasteiger partial charge in [-0.3, -0.25) is 10.1 Å². The maximum atomic E-state index is 13.6. The van der Waals surface area contributed by atoms with Crippen molar-refractivity contribution in [3.63, 3.8) is 0 Å². The molecule has 8 nitrogen and oxygen atoms in total. The zero-order valence-electron chi connectivity index (χ0n) is 29.0. The van der Waals surface area contributed by atoms with Crippen LogP contribution in [0.2, 0.25) is 0 Å². The second-order valence-electron chi connectivity index (χ2n) is 15.2. The number of methoxy groups -OCH3 is 1. The molecule has 2 aliphatic heterocycles. The minimum absolute atomic E-state index is 0.0459. The van der Waals surface area contributed by atoms with E-state index in [4.69, 9.17) is 30.5 Å². The van der Waals surface area contributed by atoms with E-state index in [1.165, 1.54) is 32.1 Å². The molecule has 4 fully saturated rings. The molecule has 0 aromatic heterocycles. The molecule has 7 unspecified atom stereocenters. The molecule has 2 amide bonds. The summed E-state index contributed by atoms with van der Waals surface area (Å²) in [5.74, 6) is 2.05. The summed E-state index contributed by atoms with van der Waals surface area (Å²) >= 11 is 6.49. The van der Waals surface area contributed by atoms with Crippen LogP contribution < -0.4 is 15.0 Å². The predicted octanol–water partition coefficient (Wildman–Crippen LogP) is 9.05. The molecule has 2 heterocycles. The van der Waals surface area contributed by atoms with Crippen LogP contribution in [-0.2, 0) is 19.0 Å². The number of hydrogen-bond acceptors (Lipinski definition) is 6. The summed E-state index contributed by atoms with van der Waals surface area (Å²) in [5.41, 5.74) is 3.02. The topological polar surface area (TPSA) is 86.3 Å². The van der Waals surface area contributed by atoms with E-state index in [0.717, 1.165) is 58.5 Å². The van der Waals surface area contributed by atoms with Crippen molar-refractivity contribution in [3.05, 3.63) is 71.8 Å². The third kappa shape index (κ3) is 6.07. The van der Waals surface area contributed by atoms with E-state index in [0.29, 0.717) is 43.0 Å². The average Bonchev–Trinajstić information content (AvgIpc) is 3.70. The van der Waals surface area contributed by atoms with Crippen LogP contribution in [-0.4, -0.2) is 55.6 Å². The lowest BCUT2D eigenvalue weighted by Gasteiger charge is -2.51. The summed E-state index contributed by atoms with van der Waals surface area (Å²) in [5, 5.41) is 4.89. The molecule has 0 radical (unpaired) electrons. The van der Waals surface area contributed by atoms with Gasteiger partial charge >= 0.3 is 6.09 Å². The van der Waals surface area contributed by atoms with Crippen LogP contribution in [0.15, 0.2) is 60.7 Å². The summed E-state index contributed by atoms with van der Waals surface area (Å²) in [6, 6.07) is 17.4. The number of carbonyl (C=O) groups excluding carboxylic acids is 2. The molecule has 3 saturated carbocycles. The van der Waals surface area contributed by atoms with Gasteiger partial charge in [-0.1, -0.05) is 56.2 Å². The Morgan fingerprint density at radius 3 is 2.68 bits per heavy atom. The zero-order valence-corrected chi connectivity index (χ0v) is 29.8. The molecule has 3 aromatic rings. The largest absolute Gasteiger partial charge is 0.497 e. The molecule has 2 spiro atoms. The lowest BCUT2D eigenvalue weighted by atomic mass is 9.60. The molecule has 8 rings (SSSR count). The quantitative estimate of drug-likeness (QED) is 0.204. The number of ether oxygens (including phenoxy) is 4. The first kappa shape index (κ1) is 33.5. The van der Waals surface area contributed by atoms with Crippen LogP contribution in [0.4, 0.5) is 16.2 Å². The van der Waals surface area contributed by atoms with Gasteiger partial charge < -0.3 is 23.8 Å². The molecule has 5 aliphatic rings. The van der Waals surface area contributed by atoms with Crippen LogP contribution in [0.1, 0.15) is 81.8 Å². The summed E-state index contributed by atoms with van der Waals surface area (Å²) in [6.45, 7) is 3.44. The predicted molar refractivity (Wildman–Crippen MR) is 196 cm³/mol.